The lowest BCUT2D eigenvalue weighted by Crippen LogP contribution is -1.97. The van der Waals surface area contributed by atoms with Crippen molar-refractivity contribution in [2.24, 2.45) is 0 Å². The zero-order chi connectivity index (χ0) is 17.5. The molecule has 0 amide bonds. The molecule has 0 spiro atoms. The van der Waals surface area contributed by atoms with Crippen LogP contribution in [-0.4, -0.2) is 16.8 Å². The van der Waals surface area contributed by atoms with Crippen LogP contribution in [0.4, 0.5) is 5.69 Å². The van der Waals surface area contributed by atoms with Crippen LogP contribution >= 0.6 is 0 Å². The van der Waals surface area contributed by atoms with Crippen molar-refractivity contribution in [2.75, 3.05) is 12.3 Å². The quantitative estimate of drug-likeness (QED) is 0.434. The van der Waals surface area contributed by atoms with Gasteiger partial charge in [0.05, 0.1) is 18.0 Å². The molecule has 3 aromatic rings. The van der Waals surface area contributed by atoms with E-state index in [1.54, 1.807) is 0 Å². The Morgan fingerprint density at radius 2 is 1.88 bits per heavy atom. The molecule has 4 heteroatoms. The standard InChI is InChI=1S/C21H25N3O/c1-2-3-4-7-13-25-17-10-8-9-16(14-17)20-15-21(24-23-20)18-11-5-6-12-19(18)22/h5-6,8-12,14-15H,2-4,7,13,22H2,1H3,(H,23,24). The number of para-hydroxylation sites is 1. The predicted octanol–water partition coefficient (Wildman–Crippen LogP) is 5.29. The number of H-pyrrole nitrogens is 1. The van der Waals surface area contributed by atoms with Crippen LogP contribution in [0.2, 0.25) is 0 Å². The van der Waals surface area contributed by atoms with Gasteiger partial charge in [0.1, 0.15) is 5.75 Å². The van der Waals surface area contributed by atoms with Gasteiger partial charge in [0.2, 0.25) is 0 Å². The molecule has 0 aliphatic rings. The summed E-state index contributed by atoms with van der Waals surface area (Å²) < 4.78 is 5.87. The largest absolute Gasteiger partial charge is 0.494 e. The second-order valence-electron chi connectivity index (χ2n) is 6.19. The zero-order valence-corrected chi connectivity index (χ0v) is 14.7. The van der Waals surface area contributed by atoms with E-state index in [-0.39, 0.29) is 0 Å². The van der Waals surface area contributed by atoms with E-state index in [4.69, 9.17) is 10.5 Å². The highest BCUT2D eigenvalue weighted by molar-refractivity contribution is 5.76. The zero-order valence-electron chi connectivity index (χ0n) is 14.7. The molecule has 4 nitrogen and oxygen atoms in total. The number of hydrogen-bond acceptors (Lipinski definition) is 3. The summed E-state index contributed by atoms with van der Waals surface area (Å²) in [5, 5.41) is 7.51. The Hall–Kier alpha value is -2.75. The lowest BCUT2D eigenvalue weighted by atomic mass is 10.1. The Balaban J connectivity index is 1.70. The number of nitrogen functional groups attached to an aromatic ring is 1. The van der Waals surface area contributed by atoms with Crippen molar-refractivity contribution in [3.05, 3.63) is 54.6 Å². The number of aromatic nitrogens is 2. The fourth-order valence-electron chi connectivity index (χ4n) is 2.81. The van der Waals surface area contributed by atoms with Gasteiger partial charge in [-0.1, -0.05) is 56.5 Å². The summed E-state index contributed by atoms with van der Waals surface area (Å²) in [7, 11) is 0. The summed E-state index contributed by atoms with van der Waals surface area (Å²) in [6, 6.07) is 17.9. The van der Waals surface area contributed by atoms with E-state index in [9.17, 15) is 0 Å². The molecule has 0 fully saturated rings. The average molecular weight is 335 g/mol. The van der Waals surface area contributed by atoms with Gasteiger partial charge in [0, 0.05) is 16.8 Å². The summed E-state index contributed by atoms with van der Waals surface area (Å²) in [6.07, 6.45) is 4.82. The average Bonchev–Trinajstić information content (AvgIpc) is 3.12. The van der Waals surface area contributed by atoms with Crippen LogP contribution in [0.15, 0.2) is 54.6 Å². The normalized spacial score (nSPS) is 10.8. The molecule has 130 valence electrons. The molecule has 2 aromatic carbocycles. The van der Waals surface area contributed by atoms with E-state index in [0.29, 0.717) is 0 Å². The molecule has 0 bridgehead atoms. The lowest BCUT2D eigenvalue weighted by Gasteiger charge is -2.07. The minimum Gasteiger partial charge on any atom is -0.494 e. The van der Waals surface area contributed by atoms with Gasteiger partial charge in [-0.15, -0.1) is 0 Å². The third-order valence-electron chi connectivity index (χ3n) is 4.23. The smallest absolute Gasteiger partial charge is 0.119 e. The second-order valence-corrected chi connectivity index (χ2v) is 6.19. The number of rotatable bonds is 8. The number of ether oxygens (including phenoxy) is 1. The van der Waals surface area contributed by atoms with Crippen molar-refractivity contribution >= 4 is 5.69 Å². The highest BCUT2D eigenvalue weighted by Crippen LogP contribution is 2.29. The Morgan fingerprint density at radius 3 is 2.72 bits per heavy atom. The topological polar surface area (TPSA) is 63.9 Å². The number of benzene rings is 2. The van der Waals surface area contributed by atoms with E-state index in [0.717, 1.165) is 47.0 Å². The molecular weight excluding hydrogens is 310 g/mol. The Kier molecular flexibility index (Phi) is 5.73. The maximum Gasteiger partial charge on any atom is 0.119 e. The molecule has 0 radical (unpaired) electrons. The number of anilines is 1. The van der Waals surface area contributed by atoms with Crippen LogP contribution in [0, 0.1) is 0 Å². The summed E-state index contributed by atoms with van der Waals surface area (Å²) in [6.45, 7) is 2.97. The fraction of sp³-hybridized carbons (Fsp3) is 0.286. The molecule has 0 aliphatic carbocycles. The minimum absolute atomic E-state index is 0.738. The number of nitrogens with one attached hydrogen (secondary N) is 1. The summed E-state index contributed by atoms with van der Waals surface area (Å²) in [5.41, 5.74) is 10.6. The molecule has 3 N–H and O–H groups in total. The van der Waals surface area contributed by atoms with Crippen LogP contribution in [0.1, 0.15) is 32.6 Å². The minimum atomic E-state index is 0.738. The maximum absolute atomic E-state index is 6.05. The van der Waals surface area contributed by atoms with Gasteiger partial charge >= 0.3 is 0 Å². The lowest BCUT2D eigenvalue weighted by molar-refractivity contribution is 0.305. The Labute approximate surface area is 149 Å². The number of unbranched alkanes of at least 4 members (excludes halogenated alkanes) is 3. The second kappa shape index (κ2) is 8.38. The summed E-state index contributed by atoms with van der Waals surface area (Å²) in [5.74, 6) is 0.887. The van der Waals surface area contributed by atoms with Crippen LogP contribution in [-0.2, 0) is 0 Å². The van der Waals surface area contributed by atoms with Gasteiger partial charge in [-0.25, -0.2) is 0 Å². The first-order valence-electron chi connectivity index (χ1n) is 8.91. The van der Waals surface area contributed by atoms with Crippen molar-refractivity contribution in [1.82, 2.24) is 10.2 Å². The first-order valence-corrected chi connectivity index (χ1v) is 8.91. The molecule has 0 saturated carbocycles. The monoisotopic (exact) mass is 335 g/mol. The van der Waals surface area contributed by atoms with E-state index in [2.05, 4.69) is 17.1 Å². The van der Waals surface area contributed by atoms with Crippen LogP contribution in [0.25, 0.3) is 22.5 Å². The highest BCUT2D eigenvalue weighted by Gasteiger charge is 2.08. The number of aromatic amines is 1. The van der Waals surface area contributed by atoms with Crippen LogP contribution in [0.5, 0.6) is 5.75 Å². The first-order chi connectivity index (χ1) is 12.3. The van der Waals surface area contributed by atoms with Gasteiger partial charge in [-0.3, -0.25) is 5.10 Å². The van der Waals surface area contributed by atoms with E-state index in [1.165, 1.54) is 19.3 Å². The molecule has 0 aliphatic heterocycles. The van der Waals surface area contributed by atoms with Gasteiger partial charge in [0.15, 0.2) is 0 Å². The molecular formula is C21H25N3O. The first kappa shape index (κ1) is 17.1. The molecule has 0 unspecified atom stereocenters. The number of hydrogen-bond donors (Lipinski definition) is 2. The molecule has 1 heterocycles. The molecule has 0 saturated heterocycles. The summed E-state index contributed by atoms with van der Waals surface area (Å²) in [4.78, 5) is 0. The predicted molar refractivity (Wildman–Crippen MR) is 104 cm³/mol. The maximum atomic E-state index is 6.05. The summed E-state index contributed by atoms with van der Waals surface area (Å²) >= 11 is 0. The molecule has 1 aromatic heterocycles. The van der Waals surface area contributed by atoms with Crippen LogP contribution in [0.3, 0.4) is 0 Å². The number of nitrogens with zero attached hydrogens (tertiary/aromatic N) is 1. The van der Waals surface area contributed by atoms with E-state index in [1.807, 2.05) is 54.6 Å². The van der Waals surface area contributed by atoms with Crippen molar-refractivity contribution < 1.29 is 4.74 Å². The third kappa shape index (κ3) is 4.41. The number of nitrogens with two attached hydrogens (primary N) is 1. The van der Waals surface area contributed by atoms with Gasteiger partial charge < -0.3 is 10.5 Å². The van der Waals surface area contributed by atoms with Crippen molar-refractivity contribution in [3.63, 3.8) is 0 Å². The van der Waals surface area contributed by atoms with Gasteiger partial charge in [-0.05, 0) is 30.7 Å². The third-order valence-corrected chi connectivity index (χ3v) is 4.23. The van der Waals surface area contributed by atoms with Crippen molar-refractivity contribution in [1.29, 1.82) is 0 Å². The Morgan fingerprint density at radius 1 is 1.00 bits per heavy atom. The van der Waals surface area contributed by atoms with Crippen molar-refractivity contribution in [3.8, 4) is 28.3 Å². The Bertz CT molecular complexity index is 810. The fourth-order valence-corrected chi connectivity index (χ4v) is 2.81. The molecule has 25 heavy (non-hydrogen) atoms. The SMILES string of the molecule is CCCCCCOc1cccc(-c2cc(-c3ccccc3N)[nH]n2)c1. The molecule has 3 rings (SSSR count). The van der Waals surface area contributed by atoms with Crippen LogP contribution < -0.4 is 10.5 Å². The van der Waals surface area contributed by atoms with Gasteiger partial charge in [0.25, 0.3) is 0 Å². The van der Waals surface area contributed by atoms with E-state index >= 15 is 0 Å². The highest BCUT2D eigenvalue weighted by atomic mass is 16.5. The molecule has 0 atom stereocenters. The van der Waals surface area contributed by atoms with Crippen molar-refractivity contribution in [2.45, 2.75) is 32.6 Å². The van der Waals surface area contributed by atoms with Gasteiger partial charge in [-0.2, -0.15) is 5.10 Å². The van der Waals surface area contributed by atoms with E-state index < -0.39 is 0 Å².